The van der Waals surface area contributed by atoms with Gasteiger partial charge >= 0.3 is 0 Å². The van der Waals surface area contributed by atoms with Crippen molar-refractivity contribution in [3.05, 3.63) is 18.6 Å². The molecule has 5 nitrogen and oxygen atoms in total. The summed E-state index contributed by atoms with van der Waals surface area (Å²) >= 11 is 0. The van der Waals surface area contributed by atoms with Crippen LogP contribution in [0.2, 0.25) is 0 Å². The van der Waals surface area contributed by atoms with Crippen LogP contribution in [0.25, 0.3) is 0 Å². The van der Waals surface area contributed by atoms with Gasteiger partial charge < -0.3 is 10.6 Å². The van der Waals surface area contributed by atoms with Gasteiger partial charge in [-0.1, -0.05) is 0 Å². The molecular formula is C10H14N4O. The molecule has 2 rings (SSSR count). The maximum absolute atomic E-state index is 11.8. The summed E-state index contributed by atoms with van der Waals surface area (Å²) in [6.45, 7) is 1.83. The van der Waals surface area contributed by atoms with E-state index >= 15 is 0 Å². The molecule has 15 heavy (non-hydrogen) atoms. The Kier molecular flexibility index (Phi) is 3.24. The average Bonchev–Trinajstić information content (AvgIpc) is 2.31. The van der Waals surface area contributed by atoms with Crippen molar-refractivity contribution < 1.29 is 4.79 Å². The van der Waals surface area contributed by atoms with Crippen molar-refractivity contribution in [2.24, 2.45) is 5.92 Å². The number of carbonyl (C=O) groups excluding carboxylic acids is 1. The molecular weight excluding hydrogens is 192 g/mol. The second kappa shape index (κ2) is 4.84. The van der Waals surface area contributed by atoms with Crippen LogP contribution < -0.4 is 10.6 Å². The molecule has 80 valence electrons. The van der Waals surface area contributed by atoms with E-state index in [9.17, 15) is 4.79 Å². The summed E-state index contributed by atoms with van der Waals surface area (Å²) in [6, 6.07) is 0. The number of carbonyl (C=O) groups is 1. The number of nitrogens with zero attached hydrogens (tertiary/aromatic N) is 2. The third-order valence-electron chi connectivity index (χ3n) is 2.52. The predicted octanol–water partition coefficient (Wildman–Crippen LogP) is 0.415. The Balaban J connectivity index is 1.91. The largest absolute Gasteiger partial charge is 0.317 e. The number of anilines is 1. The number of aromatic nitrogens is 2. The number of hydrogen-bond donors (Lipinski definition) is 2. The summed E-state index contributed by atoms with van der Waals surface area (Å²) in [7, 11) is 0. The van der Waals surface area contributed by atoms with Crippen LogP contribution in [0.5, 0.6) is 0 Å². The maximum atomic E-state index is 11.8. The lowest BCUT2D eigenvalue weighted by Crippen LogP contribution is -2.34. The highest BCUT2D eigenvalue weighted by atomic mass is 16.1. The zero-order valence-electron chi connectivity index (χ0n) is 8.44. The normalized spacial score (nSPS) is 17.3. The highest BCUT2D eigenvalue weighted by Crippen LogP contribution is 2.13. The first kappa shape index (κ1) is 10.0. The minimum atomic E-state index is 0.0528. The van der Waals surface area contributed by atoms with E-state index in [1.165, 1.54) is 0 Å². The van der Waals surface area contributed by atoms with Gasteiger partial charge in [0.05, 0.1) is 6.20 Å². The van der Waals surface area contributed by atoms with Crippen LogP contribution >= 0.6 is 0 Å². The number of piperidine rings is 1. The monoisotopic (exact) mass is 206 g/mol. The zero-order valence-corrected chi connectivity index (χ0v) is 8.44. The van der Waals surface area contributed by atoms with Gasteiger partial charge in [0.25, 0.3) is 0 Å². The van der Waals surface area contributed by atoms with Crippen LogP contribution in [0.15, 0.2) is 18.6 Å². The Hall–Kier alpha value is -1.49. The van der Waals surface area contributed by atoms with E-state index < -0.39 is 0 Å². The van der Waals surface area contributed by atoms with Gasteiger partial charge in [0.1, 0.15) is 0 Å². The van der Waals surface area contributed by atoms with E-state index in [0.717, 1.165) is 25.9 Å². The number of nitrogens with one attached hydrogen (secondary N) is 2. The van der Waals surface area contributed by atoms with Gasteiger partial charge in [-0.05, 0) is 25.9 Å². The molecule has 1 aromatic heterocycles. The van der Waals surface area contributed by atoms with Crippen molar-refractivity contribution in [2.75, 3.05) is 18.4 Å². The molecule has 2 N–H and O–H groups in total. The third kappa shape index (κ3) is 2.73. The number of rotatable bonds is 2. The molecule has 0 atom stereocenters. The second-order valence-corrected chi connectivity index (χ2v) is 3.60. The van der Waals surface area contributed by atoms with E-state index in [4.69, 9.17) is 0 Å². The fourth-order valence-corrected chi connectivity index (χ4v) is 1.68. The zero-order chi connectivity index (χ0) is 10.5. The molecule has 1 amide bonds. The van der Waals surface area contributed by atoms with Gasteiger partial charge in [-0.2, -0.15) is 0 Å². The molecule has 0 radical (unpaired) electrons. The maximum Gasteiger partial charge on any atom is 0.228 e. The van der Waals surface area contributed by atoms with Crippen molar-refractivity contribution >= 4 is 11.7 Å². The van der Waals surface area contributed by atoms with Crippen LogP contribution in [-0.2, 0) is 4.79 Å². The highest BCUT2D eigenvalue weighted by Gasteiger charge is 2.20. The van der Waals surface area contributed by atoms with E-state index in [2.05, 4.69) is 20.6 Å². The Morgan fingerprint density at radius 2 is 2.20 bits per heavy atom. The average molecular weight is 206 g/mol. The molecule has 1 aliphatic rings. The minimum absolute atomic E-state index is 0.0528. The van der Waals surface area contributed by atoms with Gasteiger partial charge in [0.15, 0.2) is 5.82 Å². The quantitative estimate of drug-likeness (QED) is 0.735. The SMILES string of the molecule is O=C(Nc1cnccn1)C1CCNCC1. The van der Waals surface area contributed by atoms with Gasteiger partial charge in [-0.15, -0.1) is 0 Å². The van der Waals surface area contributed by atoms with Crippen LogP contribution in [0, 0.1) is 5.92 Å². The summed E-state index contributed by atoms with van der Waals surface area (Å²) in [4.78, 5) is 19.7. The van der Waals surface area contributed by atoms with E-state index in [1.54, 1.807) is 18.6 Å². The lowest BCUT2D eigenvalue weighted by Gasteiger charge is -2.21. The van der Waals surface area contributed by atoms with Gasteiger partial charge in [0.2, 0.25) is 5.91 Å². The summed E-state index contributed by atoms with van der Waals surface area (Å²) in [5, 5.41) is 6.00. The van der Waals surface area contributed by atoms with E-state index in [1.807, 2.05) is 0 Å². The van der Waals surface area contributed by atoms with Crippen LogP contribution in [-0.4, -0.2) is 29.0 Å². The minimum Gasteiger partial charge on any atom is -0.317 e. The Labute approximate surface area is 88.3 Å². The molecule has 5 heteroatoms. The molecule has 2 heterocycles. The van der Waals surface area contributed by atoms with Gasteiger partial charge in [-0.25, -0.2) is 4.98 Å². The van der Waals surface area contributed by atoms with Crippen molar-refractivity contribution in [1.29, 1.82) is 0 Å². The van der Waals surface area contributed by atoms with Crippen molar-refractivity contribution in [3.63, 3.8) is 0 Å². The van der Waals surface area contributed by atoms with Crippen LogP contribution in [0.3, 0.4) is 0 Å². The molecule has 1 aromatic rings. The Morgan fingerprint density at radius 1 is 1.40 bits per heavy atom. The van der Waals surface area contributed by atoms with Crippen LogP contribution in [0.4, 0.5) is 5.82 Å². The first-order valence-electron chi connectivity index (χ1n) is 5.14. The third-order valence-corrected chi connectivity index (χ3v) is 2.52. The predicted molar refractivity (Wildman–Crippen MR) is 56.3 cm³/mol. The number of amides is 1. The summed E-state index contributed by atoms with van der Waals surface area (Å²) in [5.74, 6) is 0.686. The van der Waals surface area contributed by atoms with Crippen molar-refractivity contribution in [3.8, 4) is 0 Å². The molecule has 0 aliphatic carbocycles. The molecule has 0 unspecified atom stereocenters. The Bertz CT molecular complexity index is 321. The smallest absolute Gasteiger partial charge is 0.228 e. The fraction of sp³-hybridized carbons (Fsp3) is 0.500. The van der Waals surface area contributed by atoms with E-state index in [-0.39, 0.29) is 11.8 Å². The molecule has 1 aliphatic heterocycles. The van der Waals surface area contributed by atoms with Gasteiger partial charge in [0, 0.05) is 18.3 Å². The first-order chi connectivity index (χ1) is 7.36. The lowest BCUT2D eigenvalue weighted by atomic mass is 9.97. The lowest BCUT2D eigenvalue weighted by molar-refractivity contribution is -0.120. The molecule has 0 bridgehead atoms. The second-order valence-electron chi connectivity index (χ2n) is 3.60. The highest BCUT2D eigenvalue weighted by molar-refractivity contribution is 5.91. The summed E-state index contributed by atoms with van der Waals surface area (Å²) in [5.41, 5.74) is 0. The van der Waals surface area contributed by atoms with E-state index in [0.29, 0.717) is 5.82 Å². The summed E-state index contributed by atoms with van der Waals surface area (Å²) in [6.07, 6.45) is 6.50. The first-order valence-corrected chi connectivity index (χ1v) is 5.14. The standard InChI is InChI=1S/C10H14N4O/c15-10(8-1-3-11-4-2-8)14-9-7-12-5-6-13-9/h5-8,11H,1-4H2,(H,13,14,15). The number of hydrogen-bond acceptors (Lipinski definition) is 4. The van der Waals surface area contributed by atoms with Crippen LogP contribution in [0.1, 0.15) is 12.8 Å². The molecule has 1 fully saturated rings. The molecule has 0 spiro atoms. The molecule has 1 saturated heterocycles. The fourth-order valence-electron chi connectivity index (χ4n) is 1.68. The van der Waals surface area contributed by atoms with Crippen molar-refractivity contribution in [1.82, 2.24) is 15.3 Å². The topological polar surface area (TPSA) is 66.9 Å². The molecule has 0 aromatic carbocycles. The Morgan fingerprint density at radius 3 is 2.87 bits per heavy atom. The molecule has 0 saturated carbocycles. The summed E-state index contributed by atoms with van der Waals surface area (Å²) < 4.78 is 0. The van der Waals surface area contributed by atoms with Crippen molar-refractivity contribution in [2.45, 2.75) is 12.8 Å². The van der Waals surface area contributed by atoms with Gasteiger partial charge in [-0.3, -0.25) is 9.78 Å².